The Morgan fingerprint density at radius 2 is 1.96 bits per heavy atom. The highest BCUT2D eigenvalue weighted by Crippen LogP contribution is 2.42. The summed E-state index contributed by atoms with van der Waals surface area (Å²) in [6.07, 6.45) is 6.77. The van der Waals surface area contributed by atoms with Gasteiger partial charge in [0.2, 0.25) is 5.82 Å². The van der Waals surface area contributed by atoms with Gasteiger partial charge in [-0.25, -0.2) is 0 Å². The summed E-state index contributed by atoms with van der Waals surface area (Å²) in [5, 5.41) is 17.2. The van der Waals surface area contributed by atoms with Crippen LogP contribution in [0.1, 0.15) is 12.8 Å². The van der Waals surface area contributed by atoms with Crippen LogP contribution < -0.4 is 10.6 Å². The molecule has 0 spiro atoms. The Hall–Kier alpha value is -3.03. The van der Waals surface area contributed by atoms with Crippen LogP contribution in [-0.4, -0.2) is 38.6 Å². The third-order valence-corrected chi connectivity index (χ3v) is 5.06. The maximum absolute atomic E-state index is 12.1. The number of carbonyl (C=O) groups excluding carboxylic acids is 2. The standard InChI is InChI=1S/C18H20N6O2/c1-24-22-16(21-23-24)12-4-6-15(7-5-12)20-18(26)17(25)19-10-14-9-11-2-3-13(14)8-11/h2-7,11,13-14H,8-10H2,1H3,(H,19,25)(H,20,26)/t11-,13-,14-/m0/s1. The van der Waals surface area contributed by atoms with Crippen molar-refractivity contribution in [2.24, 2.45) is 24.8 Å². The van der Waals surface area contributed by atoms with Gasteiger partial charge in [0.05, 0.1) is 7.05 Å². The molecular weight excluding hydrogens is 332 g/mol. The topological polar surface area (TPSA) is 102 Å². The Bertz CT molecular complexity index is 857. The molecule has 1 fully saturated rings. The summed E-state index contributed by atoms with van der Waals surface area (Å²) in [7, 11) is 1.69. The van der Waals surface area contributed by atoms with Crippen molar-refractivity contribution in [2.75, 3.05) is 11.9 Å². The average Bonchev–Trinajstić information content (AvgIpc) is 3.37. The van der Waals surface area contributed by atoms with E-state index in [0.29, 0.717) is 35.8 Å². The number of amides is 2. The summed E-state index contributed by atoms with van der Waals surface area (Å²) in [5.41, 5.74) is 1.32. The molecule has 8 heteroatoms. The number of nitrogens with zero attached hydrogens (tertiary/aromatic N) is 4. The van der Waals surface area contributed by atoms with Crippen molar-refractivity contribution in [3.63, 3.8) is 0 Å². The van der Waals surface area contributed by atoms with Gasteiger partial charge in [0.1, 0.15) is 0 Å². The Balaban J connectivity index is 1.29. The quantitative estimate of drug-likeness (QED) is 0.635. The molecule has 1 aromatic carbocycles. The van der Waals surface area contributed by atoms with Crippen LogP contribution >= 0.6 is 0 Å². The number of carbonyl (C=O) groups is 2. The first-order valence-electron chi connectivity index (χ1n) is 8.70. The molecule has 1 aromatic heterocycles. The normalized spacial score (nSPS) is 23.2. The van der Waals surface area contributed by atoms with Crippen LogP contribution in [0.5, 0.6) is 0 Å². The zero-order valence-corrected chi connectivity index (χ0v) is 14.4. The lowest BCUT2D eigenvalue weighted by atomic mass is 9.94. The molecule has 2 N–H and O–H groups in total. The molecule has 26 heavy (non-hydrogen) atoms. The van der Waals surface area contributed by atoms with Gasteiger partial charge < -0.3 is 10.6 Å². The van der Waals surface area contributed by atoms with E-state index in [4.69, 9.17) is 0 Å². The van der Waals surface area contributed by atoms with E-state index in [0.717, 1.165) is 12.0 Å². The Morgan fingerprint density at radius 1 is 1.15 bits per heavy atom. The molecule has 2 aliphatic carbocycles. The lowest BCUT2D eigenvalue weighted by Crippen LogP contribution is -2.38. The van der Waals surface area contributed by atoms with Crippen LogP contribution in [0.4, 0.5) is 5.69 Å². The second-order valence-corrected chi connectivity index (χ2v) is 6.88. The van der Waals surface area contributed by atoms with E-state index >= 15 is 0 Å². The predicted octanol–water partition coefficient (Wildman–Crippen LogP) is 1.14. The molecule has 1 heterocycles. The lowest BCUT2D eigenvalue weighted by molar-refractivity contribution is -0.136. The molecule has 2 amide bonds. The molecule has 0 radical (unpaired) electrons. The van der Waals surface area contributed by atoms with Crippen molar-refractivity contribution in [3.05, 3.63) is 36.4 Å². The number of tetrazole rings is 1. The number of aryl methyl sites for hydroxylation is 1. The highest BCUT2D eigenvalue weighted by atomic mass is 16.2. The molecule has 2 aliphatic rings. The monoisotopic (exact) mass is 352 g/mol. The number of rotatable bonds is 4. The number of aromatic nitrogens is 4. The van der Waals surface area contributed by atoms with Crippen LogP contribution in [-0.2, 0) is 16.6 Å². The zero-order chi connectivity index (χ0) is 18.1. The molecule has 0 unspecified atom stereocenters. The molecule has 2 bridgehead atoms. The number of hydrogen-bond acceptors (Lipinski definition) is 5. The van der Waals surface area contributed by atoms with Gasteiger partial charge in [0.15, 0.2) is 0 Å². The molecule has 4 rings (SSSR count). The van der Waals surface area contributed by atoms with E-state index in [-0.39, 0.29) is 0 Å². The fraction of sp³-hybridized carbons (Fsp3) is 0.389. The van der Waals surface area contributed by atoms with Gasteiger partial charge in [-0.1, -0.05) is 12.2 Å². The van der Waals surface area contributed by atoms with Gasteiger partial charge in [-0.05, 0) is 60.1 Å². The number of hydrogen-bond donors (Lipinski definition) is 2. The fourth-order valence-corrected chi connectivity index (χ4v) is 3.72. The first-order chi connectivity index (χ1) is 12.6. The molecular formula is C18H20N6O2. The lowest BCUT2D eigenvalue weighted by Gasteiger charge is -2.18. The molecule has 3 atom stereocenters. The number of benzene rings is 1. The van der Waals surface area contributed by atoms with Gasteiger partial charge in [-0.3, -0.25) is 9.59 Å². The summed E-state index contributed by atoms with van der Waals surface area (Å²) in [6.45, 7) is 0.551. The van der Waals surface area contributed by atoms with E-state index < -0.39 is 11.8 Å². The fourth-order valence-electron chi connectivity index (χ4n) is 3.72. The largest absolute Gasteiger partial charge is 0.348 e. The summed E-state index contributed by atoms with van der Waals surface area (Å²) in [4.78, 5) is 25.5. The molecule has 0 saturated heterocycles. The van der Waals surface area contributed by atoms with Crippen LogP contribution in [0.25, 0.3) is 11.4 Å². The Morgan fingerprint density at radius 3 is 2.58 bits per heavy atom. The second kappa shape index (κ2) is 6.70. The summed E-state index contributed by atoms with van der Waals surface area (Å²) < 4.78 is 0. The molecule has 1 saturated carbocycles. The van der Waals surface area contributed by atoms with Gasteiger partial charge in [0, 0.05) is 17.8 Å². The van der Waals surface area contributed by atoms with Crippen molar-refractivity contribution >= 4 is 17.5 Å². The van der Waals surface area contributed by atoms with Crippen molar-refractivity contribution in [3.8, 4) is 11.4 Å². The maximum Gasteiger partial charge on any atom is 0.313 e. The average molecular weight is 352 g/mol. The molecule has 0 aliphatic heterocycles. The highest BCUT2D eigenvalue weighted by molar-refractivity contribution is 6.39. The minimum absolute atomic E-state index is 0.445. The van der Waals surface area contributed by atoms with Gasteiger partial charge in [0.25, 0.3) is 0 Å². The Labute approximate surface area is 150 Å². The van der Waals surface area contributed by atoms with Crippen molar-refractivity contribution in [1.29, 1.82) is 0 Å². The number of nitrogens with one attached hydrogen (secondary N) is 2. The number of anilines is 1. The number of fused-ring (bicyclic) bond motifs is 2. The van der Waals surface area contributed by atoms with Crippen molar-refractivity contribution in [1.82, 2.24) is 25.5 Å². The molecule has 8 nitrogen and oxygen atoms in total. The van der Waals surface area contributed by atoms with E-state index in [1.165, 1.54) is 11.2 Å². The third kappa shape index (κ3) is 3.35. The summed E-state index contributed by atoms with van der Waals surface area (Å²) in [6, 6.07) is 6.95. The predicted molar refractivity (Wildman–Crippen MR) is 94.7 cm³/mol. The molecule has 134 valence electrons. The van der Waals surface area contributed by atoms with E-state index in [2.05, 4.69) is 38.2 Å². The number of allylic oxidation sites excluding steroid dienone is 2. The van der Waals surface area contributed by atoms with Crippen LogP contribution in [0.3, 0.4) is 0 Å². The van der Waals surface area contributed by atoms with E-state index in [9.17, 15) is 9.59 Å². The first kappa shape index (κ1) is 16.4. The van der Waals surface area contributed by atoms with E-state index in [1.807, 2.05) is 0 Å². The summed E-state index contributed by atoms with van der Waals surface area (Å²) in [5.74, 6) is 0.887. The smallest absolute Gasteiger partial charge is 0.313 e. The zero-order valence-electron chi connectivity index (χ0n) is 14.4. The van der Waals surface area contributed by atoms with Crippen molar-refractivity contribution in [2.45, 2.75) is 12.8 Å². The van der Waals surface area contributed by atoms with Gasteiger partial charge in [-0.15, -0.1) is 10.2 Å². The SMILES string of the molecule is Cn1nnc(-c2ccc(NC(=O)C(=O)NC[C@@H]3C[C@H]4C=C[C@H]3C4)cc2)n1. The van der Waals surface area contributed by atoms with Crippen LogP contribution in [0, 0.1) is 17.8 Å². The third-order valence-electron chi connectivity index (χ3n) is 5.06. The minimum Gasteiger partial charge on any atom is -0.348 e. The van der Waals surface area contributed by atoms with Gasteiger partial charge in [-0.2, -0.15) is 4.80 Å². The highest BCUT2D eigenvalue weighted by Gasteiger charge is 2.35. The van der Waals surface area contributed by atoms with Crippen LogP contribution in [0.2, 0.25) is 0 Å². The summed E-state index contributed by atoms with van der Waals surface area (Å²) >= 11 is 0. The van der Waals surface area contributed by atoms with Gasteiger partial charge >= 0.3 is 11.8 Å². The maximum atomic E-state index is 12.1. The minimum atomic E-state index is -0.658. The van der Waals surface area contributed by atoms with Crippen LogP contribution in [0.15, 0.2) is 36.4 Å². The van der Waals surface area contributed by atoms with E-state index in [1.54, 1.807) is 31.3 Å². The first-order valence-corrected chi connectivity index (χ1v) is 8.70. The Kier molecular flexibility index (Phi) is 4.24. The van der Waals surface area contributed by atoms with Crippen molar-refractivity contribution < 1.29 is 9.59 Å². The molecule has 2 aromatic rings. The second-order valence-electron chi connectivity index (χ2n) is 6.88.